The zero-order valence-electron chi connectivity index (χ0n) is 3.78. The fraction of sp³-hybridized carbons (Fsp3) is 0.500. The molecule has 0 saturated heterocycles. The number of aldehydes is 1. The van der Waals surface area contributed by atoms with Crippen molar-refractivity contribution in [2.75, 3.05) is 6.16 Å². The minimum absolute atomic E-state index is 0.111. The van der Waals surface area contributed by atoms with E-state index >= 15 is 0 Å². The van der Waals surface area contributed by atoms with Crippen molar-refractivity contribution in [1.82, 2.24) is 0 Å². The fourth-order valence-electron chi connectivity index (χ4n) is 0.122. The van der Waals surface area contributed by atoms with E-state index in [1.54, 1.807) is 0 Å². The highest BCUT2D eigenvalue weighted by Crippen LogP contribution is 2.40. The molecule has 6 heteroatoms. The van der Waals surface area contributed by atoms with Gasteiger partial charge >= 0.3 is 7.60 Å². The van der Waals surface area contributed by atoms with Crippen LogP contribution >= 0.6 is 7.60 Å². The van der Waals surface area contributed by atoms with Gasteiger partial charge in [0.05, 0.1) is 0 Å². The van der Waals surface area contributed by atoms with Crippen LogP contribution in [0.1, 0.15) is 0 Å². The van der Waals surface area contributed by atoms with Crippen LogP contribution < -0.4 is 0 Å². The first-order chi connectivity index (χ1) is 3.62. The molecule has 0 rings (SSSR count). The smallest absolute Gasteiger partial charge is 0.322 e. The topological polar surface area (TPSA) is 63.6 Å². The maximum atomic E-state index is 10.8. The summed E-state index contributed by atoms with van der Waals surface area (Å²) in [4.78, 5) is 17.5. The van der Waals surface area contributed by atoms with Gasteiger partial charge in [0.15, 0.2) is 0 Å². The lowest BCUT2D eigenvalue weighted by atomic mass is 10.9. The molecule has 48 valence electrons. The van der Waals surface area contributed by atoms with Crippen molar-refractivity contribution in [2.45, 2.75) is 0 Å². The Morgan fingerprint density at radius 2 is 2.38 bits per heavy atom. The zero-order valence-corrected chi connectivity index (χ0v) is 4.68. The van der Waals surface area contributed by atoms with Gasteiger partial charge in [0.2, 0.25) is 0 Å². The van der Waals surface area contributed by atoms with E-state index in [1.807, 2.05) is 0 Å². The van der Waals surface area contributed by atoms with Crippen molar-refractivity contribution < 1.29 is 23.5 Å². The molecule has 0 aromatic rings. The van der Waals surface area contributed by atoms with Gasteiger partial charge in [-0.15, -0.1) is 4.73 Å². The lowest BCUT2D eigenvalue weighted by Gasteiger charge is -1.95. The van der Waals surface area contributed by atoms with E-state index < -0.39 is 13.8 Å². The number of rotatable bonds is 3. The molecule has 0 spiro atoms. The second-order valence-electron chi connectivity index (χ2n) is 1.06. The summed E-state index contributed by atoms with van der Waals surface area (Å²) >= 11 is 0. The molecular weight excluding hydrogens is 138 g/mol. The molecule has 0 aliphatic carbocycles. The standard InChI is InChI=1S/C2H4FO4P/c3-7-8(5,6)2-1-4/h1H,2H2,(H,5,6). The first kappa shape index (κ1) is 7.75. The van der Waals surface area contributed by atoms with Gasteiger partial charge in [-0.05, 0) is 4.53 Å². The van der Waals surface area contributed by atoms with Gasteiger partial charge in [0.25, 0.3) is 0 Å². The van der Waals surface area contributed by atoms with E-state index in [1.165, 1.54) is 0 Å². The van der Waals surface area contributed by atoms with E-state index in [9.17, 15) is 13.9 Å². The van der Waals surface area contributed by atoms with Crippen LogP contribution in [0.4, 0.5) is 4.53 Å². The van der Waals surface area contributed by atoms with Crippen molar-refractivity contribution in [3.05, 3.63) is 0 Å². The summed E-state index contributed by atoms with van der Waals surface area (Å²) in [6, 6.07) is 0. The Bertz CT molecular complexity index is 123. The lowest BCUT2D eigenvalue weighted by molar-refractivity contribution is -0.106. The highest BCUT2D eigenvalue weighted by Gasteiger charge is 2.18. The summed E-state index contributed by atoms with van der Waals surface area (Å²) in [5.74, 6) is 0. The molecule has 0 saturated carbocycles. The van der Waals surface area contributed by atoms with E-state index in [0.29, 0.717) is 0 Å². The van der Waals surface area contributed by atoms with Crippen molar-refractivity contribution in [2.24, 2.45) is 0 Å². The monoisotopic (exact) mass is 142 g/mol. The maximum Gasteiger partial charge on any atom is 0.368 e. The van der Waals surface area contributed by atoms with Crippen LogP contribution in [0, 0.1) is 0 Å². The first-order valence-electron chi connectivity index (χ1n) is 1.68. The molecule has 4 nitrogen and oxygen atoms in total. The van der Waals surface area contributed by atoms with Crippen LogP contribution in [0.25, 0.3) is 0 Å². The van der Waals surface area contributed by atoms with Crippen molar-refractivity contribution >= 4 is 13.9 Å². The number of carbonyl (C=O) groups is 1. The molecule has 0 aromatic carbocycles. The minimum atomic E-state index is -4.21. The molecule has 0 fully saturated rings. The Kier molecular flexibility index (Phi) is 2.82. The van der Waals surface area contributed by atoms with Crippen LogP contribution in [0.3, 0.4) is 0 Å². The summed E-state index contributed by atoms with van der Waals surface area (Å²) in [6.45, 7) is 0. The molecular formula is C2H4FO4P. The van der Waals surface area contributed by atoms with Crippen LogP contribution in [0.5, 0.6) is 0 Å². The van der Waals surface area contributed by atoms with Gasteiger partial charge in [-0.3, -0.25) is 4.57 Å². The summed E-state index contributed by atoms with van der Waals surface area (Å²) in [7, 11) is -4.21. The normalized spacial score (nSPS) is 17.2. The molecule has 0 aliphatic rings. The molecule has 1 N–H and O–H groups in total. The molecule has 0 aliphatic heterocycles. The number of hydrogen-bond acceptors (Lipinski definition) is 3. The molecule has 0 radical (unpaired) electrons. The highest BCUT2D eigenvalue weighted by atomic mass is 31.2. The molecule has 0 amide bonds. The largest absolute Gasteiger partial charge is 0.368 e. The Labute approximate surface area is 44.7 Å². The van der Waals surface area contributed by atoms with Crippen LogP contribution in [0.15, 0.2) is 0 Å². The van der Waals surface area contributed by atoms with Gasteiger partial charge in [-0.2, -0.15) is 0 Å². The van der Waals surface area contributed by atoms with E-state index in [2.05, 4.69) is 4.73 Å². The van der Waals surface area contributed by atoms with Gasteiger partial charge < -0.3 is 9.69 Å². The summed E-state index contributed by atoms with van der Waals surface area (Å²) < 4.78 is 23.3. The SMILES string of the molecule is O=CCP(=O)(O)OF. The van der Waals surface area contributed by atoms with Crippen molar-refractivity contribution in [3.8, 4) is 0 Å². The number of halogens is 1. The van der Waals surface area contributed by atoms with Crippen LogP contribution in [-0.4, -0.2) is 17.3 Å². The third-order valence-corrected chi connectivity index (χ3v) is 1.24. The predicted molar refractivity (Wildman–Crippen MR) is 22.9 cm³/mol. The Morgan fingerprint density at radius 1 is 1.88 bits per heavy atom. The highest BCUT2D eigenvalue weighted by molar-refractivity contribution is 7.53. The van der Waals surface area contributed by atoms with Gasteiger partial charge in [-0.1, -0.05) is 0 Å². The fourth-order valence-corrected chi connectivity index (χ4v) is 0.367. The Balaban J connectivity index is 3.72. The van der Waals surface area contributed by atoms with E-state index in [4.69, 9.17) is 4.89 Å². The molecule has 0 bridgehead atoms. The Morgan fingerprint density at radius 3 is 2.50 bits per heavy atom. The van der Waals surface area contributed by atoms with E-state index in [-0.39, 0.29) is 6.29 Å². The molecule has 0 heterocycles. The minimum Gasteiger partial charge on any atom is -0.322 e. The average Bonchev–Trinajstić information content (AvgIpc) is 1.67. The van der Waals surface area contributed by atoms with Crippen LogP contribution in [-0.2, 0) is 14.1 Å². The zero-order chi connectivity index (χ0) is 6.62. The van der Waals surface area contributed by atoms with Gasteiger partial charge in [0.1, 0.15) is 12.4 Å². The van der Waals surface area contributed by atoms with Crippen molar-refractivity contribution in [3.63, 3.8) is 0 Å². The van der Waals surface area contributed by atoms with Gasteiger partial charge in [0, 0.05) is 0 Å². The van der Waals surface area contributed by atoms with Crippen molar-refractivity contribution in [1.29, 1.82) is 0 Å². The maximum absolute atomic E-state index is 10.8. The first-order valence-corrected chi connectivity index (χ1v) is 3.44. The predicted octanol–water partition coefficient (Wildman–Crippen LogP) is 0.272. The third kappa shape index (κ3) is 2.85. The molecule has 1 unspecified atom stereocenters. The lowest BCUT2D eigenvalue weighted by Crippen LogP contribution is -1.88. The number of carbonyl (C=O) groups excluding carboxylic acids is 1. The van der Waals surface area contributed by atoms with Crippen LogP contribution in [0.2, 0.25) is 0 Å². The quantitative estimate of drug-likeness (QED) is 0.453. The third-order valence-electron chi connectivity index (χ3n) is 0.413. The molecule has 0 aromatic heterocycles. The summed E-state index contributed by atoms with van der Waals surface area (Å²) in [5.41, 5.74) is 0. The second kappa shape index (κ2) is 2.91. The Hall–Kier alpha value is -0.250. The summed E-state index contributed by atoms with van der Waals surface area (Å²) in [6.07, 6.45) is -0.691. The van der Waals surface area contributed by atoms with Gasteiger partial charge in [-0.25, -0.2) is 0 Å². The summed E-state index contributed by atoms with van der Waals surface area (Å²) in [5, 5.41) is 0. The molecule has 1 atom stereocenters. The van der Waals surface area contributed by atoms with E-state index in [0.717, 1.165) is 0 Å². The molecule has 8 heavy (non-hydrogen) atoms. The second-order valence-corrected chi connectivity index (χ2v) is 2.83. The number of hydrogen-bond donors (Lipinski definition) is 1. The average molecular weight is 142 g/mol.